The lowest BCUT2D eigenvalue weighted by atomic mass is 10.0. The molecule has 1 aromatic heterocycles. The molecule has 3 aromatic rings. The number of pyridine rings is 1. The molecule has 1 saturated heterocycles. The summed E-state index contributed by atoms with van der Waals surface area (Å²) < 4.78 is 20.5. The van der Waals surface area contributed by atoms with Gasteiger partial charge in [0.1, 0.15) is 11.6 Å². The van der Waals surface area contributed by atoms with E-state index < -0.39 is 5.82 Å². The van der Waals surface area contributed by atoms with Crippen LogP contribution in [0.3, 0.4) is 0 Å². The van der Waals surface area contributed by atoms with Crippen molar-refractivity contribution < 1.29 is 18.7 Å². The predicted molar refractivity (Wildman–Crippen MR) is 157 cm³/mol. The molecule has 11 heteroatoms. The normalized spacial score (nSPS) is 13.8. The molecule has 1 aliphatic rings. The maximum Gasteiger partial charge on any atom is 0.323 e. The highest BCUT2D eigenvalue weighted by Gasteiger charge is 2.24. The molecule has 1 fully saturated rings. The van der Waals surface area contributed by atoms with Gasteiger partial charge in [-0.1, -0.05) is 29.8 Å². The highest BCUT2D eigenvalue weighted by Crippen LogP contribution is 2.28. The van der Waals surface area contributed by atoms with E-state index >= 15 is 0 Å². The van der Waals surface area contributed by atoms with E-state index in [4.69, 9.17) is 17.0 Å². The summed E-state index contributed by atoms with van der Waals surface area (Å²) in [6.45, 7) is 3.86. The highest BCUT2D eigenvalue weighted by atomic mass is 32.1. The molecule has 210 valence electrons. The van der Waals surface area contributed by atoms with Gasteiger partial charge in [-0.25, -0.2) is 14.2 Å². The second-order valence-corrected chi connectivity index (χ2v) is 10.3. The first-order valence-corrected chi connectivity index (χ1v) is 13.4. The number of hydrogen-bond acceptors (Lipinski definition) is 6. The Balaban J connectivity index is 1.30. The number of anilines is 2. The molecule has 9 nitrogen and oxygen atoms in total. The Kier molecular flexibility index (Phi) is 9.62. The largest absolute Gasteiger partial charge is 0.454 e. The van der Waals surface area contributed by atoms with Gasteiger partial charge in [-0.05, 0) is 75.9 Å². The van der Waals surface area contributed by atoms with E-state index in [9.17, 15) is 14.0 Å². The summed E-state index contributed by atoms with van der Waals surface area (Å²) in [5.74, 6) is -0.326. The number of ether oxygens (including phenoxy) is 1. The molecule has 3 N–H and O–H groups in total. The molecular weight excluding hydrogens is 531 g/mol. The van der Waals surface area contributed by atoms with Gasteiger partial charge in [0.05, 0.1) is 6.42 Å². The van der Waals surface area contributed by atoms with Gasteiger partial charge in [-0.3, -0.25) is 10.1 Å². The van der Waals surface area contributed by atoms with Crippen LogP contribution in [-0.2, 0) is 11.2 Å². The number of aryl methyl sites for hydroxylation is 1. The van der Waals surface area contributed by atoms with Gasteiger partial charge in [-0.2, -0.15) is 0 Å². The van der Waals surface area contributed by atoms with Gasteiger partial charge in [0.25, 0.3) is 0 Å². The van der Waals surface area contributed by atoms with Gasteiger partial charge in [-0.15, -0.1) is 0 Å². The zero-order valence-electron chi connectivity index (χ0n) is 22.7. The minimum absolute atomic E-state index is 0.0215. The summed E-state index contributed by atoms with van der Waals surface area (Å²) in [5.41, 5.74) is 2.32. The number of nitrogens with zero attached hydrogens (tertiary/aromatic N) is 3. The molecule has 3 amide bonds. The monoisotopic (exact) mass is 564 g/mol. The van der Waals surface area contributed by atoms with Crippen molar-refractivity contribution in [2.24, 2.45) is 0 Å². The number of carbonyl (C=O) groups is 2. The average Bonchev–Trinajstić information content (AvgIpc) is 2.91. The number of piperidine rings is 1. The Bertz CT molecular complexity index is 1360. The Hall–Kier alpha value is -4.09. The van der Waals surface area contributed by atoms with E-state index in [0.717, 1.165) is 37.1 Å². The van der Waals surface area contributed by atoms with Crippen molar-refractivity contribution in [3.8, 4) is 11.5 Å². The molecule has 0 atom stereocenters. The number of halogens is 1. The molecule has 4 rings (SSSR count). The van der Waals surface area contributed by atoms with E-state index in [2.05, 4.69) is 32.9 Å². The minimum Gasteiger partial charge on any atom is -0.454 e. The standard InChI is InChI=1S/C29H33FN6O3S/c1-19-4-6-20(7-5-19)16-27(37)34-28(40)32-21-8-9-25(24(30)17-21)39-23-10-13-31-26(18-23)33-29(38)36(3)22-11-14-35(2)15-12-22/h4-10,13,17-18,22H,11-12,14-16H2,1-3H3,(H,31,33,38)(H2,32,34,37,40). The van der Waals surface area contributed by atoms with Crippen LogP contribution in [0.15, 0.2) is 60.8 Å². The number of thiocarbonyl (C=S) groups is 1. The lowest BCUT2D eigenvalue weighted by Gasteiger charge is -2.34. The Labute approximate surface area is 238 Å². The second-order valence-electron chi connectivity index (χ2n) is 9.86. The third-order valence-electron chi connectivity index (χ3n) is 6.68. The van der Waals surface area contributed by atoms with Crippen LogP contribution in [0.25, 0.3) is 0 Å². The number of aromatic nitrogens is 1. The molecule has 0 unspecified atom stereocenters. The maximum absolute atomic E-state index is 14.8. The molecule has 2 heterocycles. The van der Waals surface area contributed by atoms with Crippen LogP contribution in [0.5, 0.6) is 11.5 Å². The fraction of sp³-hybridized carbons (Fsp3) is 0.310. The van der Waals surface area contributed by atoms with Gasteiger partial charge < -0.3 is 25.2 Å². The van der Waals surface area contributed by atoms with Crippen LogP contribution >= 0.6 is 12.2 Å². The highest BCUT2D eigenvalue weighted by molar-refractivity contribution is 7.80. The van der Waals surface area contributed by atoms with Gasteiger partial charge in [0.15, 0.2) is 16.7 Å². The predicted octanol–water partition coefficient (Wildman–Crippen LogP) is 4.94. The van der Waals surface area contributed by atoms with Crippen molar-refractivity contribution in [1.29, 1.82) is 0 Å². The zero-order chi connectivity index (χ0) is 28.6. The van der Waals surface area contributed by atoms with E-state index in [-0.39, 0.29) is 35.3 Å². The van der Waals surface area contributed by atoms with E-state index in [1.54, 1.807) is 24.1 Å². The summed E-state index contributed by atoms with van der Waals surface area (Å²) in [6.07, 6.45) is 3.47. The maximum atomic E-state index is 14.8. The van der Waals surface area contributed by atoms with Gasteiger partial charge >= 0.3 is 6.03 Å². The van der Waals surface area contributed by atoms with Crippen LogP contribution in [0, 0.1) is 12.7 Å². The number of nitrogens with one attached hydrogen (secondary N) is 3. The second kappa shape index (κ2) is 13.3. The third kappa shape index (κ3) is 8.20. The van der Waals surface area contributed by atoms with Crippen LogP contribution in [0.4, 0.5) is 20.7 Å². The molecule has 40 heavy (non-hydrogen) atoms. The van der Waals surface area contributed by atoms with Crippen molar-refractivity contribution in [2.75, 3.05) is 37.8 Å². The van der Waals surface area contributed by atoms with Crippen molar-refractivity contribution in [3.63, 3.8) is 0 Å². The first-order valence-electron chi connectivity index (χ1n) is 13.0. The molecule has 0 bridgehead atoms. The Morgan fingerprint density at radius 3 is 2.52 bits per heavy atom. The molecule has 0 aliphatic carbocycles. The number of carbonyl (C=O) groups excluding carboxylic acids is 2. The van der Waals surface area contributed by atoms with Crippen LogP contribution in [0.1, 0.15) is 24.0 Å². The summed E-state index contributed by atoms with van der Waals surface area (Å²) in [7, 11) is 3.85. The number of hydrogen-bond donors (Lipinski definition) is 3. The number of amides is 3. The zero-order valence-corrected chi connectivity index (χ0v) is 23.6. The van der Waals surface area contributed by atoms with Crippen molar-refractivity contribution in [3.05, 3.63) is 77.7 Å². The van der Waals surface area contributed by atoms with Crippen molar-refractivity contribution in [2.45, 2.75) is 32.2 Å². The van der Waals surface area contributed by atoms with E-state index in [1.165, 1.54) is 24.4 Å². The van der Waals surface area contributed by atoms with Gasteiger partial charge in [0.2, 0.25) is 5.91 Å². The smallest absolute Gasteiger partial charge is 0.323 e. The Morgan fingerprint density at radius 2 is 1.82 bits per heavy atom. The van der Waals surface area contributed by atoms with Crippen LogP contribution < -0.4 is 20.7 Å². The molecule has 0 saturated carbocycles. The fourth-order valence-electron chi connectivity index (χ4n) is 4.30. The molecule has 0 spiro atoms. The summed E-state index contributed by atoms with van der Waals surface area (Å²) >= 11 is 5.20. The third-order valence-corrected chi connectivity index (χ3v) is 6.88. The lowest BCUT2D eigenvalue weighted by molar-refractivity contribution is -0.119. The summed E-state index contributed by atoms with van der Waals surface area (Å²) in [5, 5.41) is 8.25. The number of rotatable bonds is 7. The summed E-state index contributed by atoms with van der Waals surface area (Å²) in [6, 6.07) is 14.9. The summed E-state index contributed by atoms with van der Waals surface area (Å²) in [4.78, 5) is 33.1. The number of likely N-dealkylation sites (tertiary alicyclic amines) is 1. The molecule has 2 aromatic carbocycles. The van der Waals surface area contributed by atoms with E-state index in [1.807, 2.05) is 31.2 Å². The molecule has 0 radical (unpaired) electrons. The molecule has 1 aliphatic heterocycles. The van der Waals surface area contributed by atoms with Crippen molar-refractivity contribution in [1.82, 2.24) is 20.1 Å². The first kappa shape index (κ1) is 28.9. The number of urea groups is 1. The van der Waals surface area contributed by atoms with Gasteiger partial charge in [0, 0.05) is 37.1 Å². The first-order chi connectivity index (χ1) is 19.2. The van der Waals surface area contributed by atoms with Crippen LogP contribution in [-0.4, -0.2) is 65.1 Å². The van der Waals surface area contributed by atoms with E-state index in [0.29, 0.717) is 17.3 Å². The quantitative estimate of drug-likeness (QED) is 0.350. The fourth-order valence-corrected chi connectivity index (χ4v) is 4.53. The SMILES string of the molecule is Cc1ccc(CC(=O)NC(=S)Nc2ccc(Oc3ccnc(NC(=O)N(C)C4CCN(C)CC4)c3)c(F)c2)cc1. The topological polar surface area (TPSA) is 98.8 Å². The van der Waals surface area contributed by atoms with Crippen LogP contribution in [0.2, 0.25) is 0 Å². The number of benzene rings is 2. The molecular formula is C29H33FN6O3S. The van der Waals surface area contributed by atoms with Crippen molar-refractivity contribution >= 4 is 40.8 Å². The average molecular weight is 565 g/mol. The Morgan fingerprint density at radius 1 is 1.10 bits per heavy atom. The lowest BCUT2D eigenvalue weighted by Crippen LogP contribution is -2.46. The minimum atomic E-state index is -0.636.